The fourth-order valence-electron chi connectivity index (χ4n) is 2.24. The molecule has 2 bridgehead atoms. The summed E-state index contributed by atoms with van der Waals surface area (Å²) in [5.41, 5.74) is 0. The number of rotatable bonds is 0. The Morgan fingerprint density at radius 1 is 1.29 bits per heavy atom. The minimum Gasteiger partial charge on any atom is -0.341 e. The summed E-state index contributed by atoms with van der Waals surface area (Å²) >= 11 is 0. The van der Waals surface area contributed by atoms with Crippen molar-refractivity contribution in [3.8, 4) is 0 Å². The first-order valence-electron chi connectivity index (χ1n) is 4.76. The van der Waals surface area contributed by atoms with Gasteiger partial charge in [-0.3, -0.25) is 4.79 Å². The van der Waals surface area contributed by atoms with Crippen molar-refractivity contribution >= 4 is 30.7 Å². The van der Waals surface area contributed by atoms with Gasteiger partial charge in [0.1, 0.15) is 0 Å². The molecular formula is C9H18Cl2N2O. The van der Waals surface area contributed by atoms with E-state index in [4.69, 9.17) is 0 Å². The minimum atomic E-state index is 0. The number of nitrogens with one attached hydrogen (secondary N) is 1. The topological polar surface area (TPSA) is 32.3 Å². The van der Waals surface area contributed by atoms with Gasteiger partial charge in [-0.05, 0) is 12.8 Å². The van der Waals surface area contributed by atoms with Gasteiger partial charge in [0.25, 0.3) is 0 Å². The standard InChI is InChI=1S/C9H16N2O.2ClH/c1-11-8-4-2-3-7(9(11)12)5-10-6-8;;/h7-8,10H,2-6H2,1H3;2*1H/t7-,8-;;/m1../s1. The highest BCUT2D eigenvalue weighted by Gasteiger charge is 2.32. The van der Waals surface area contributed by atoms with E-state index in [1.54, 1.807) is 0 Å². The van der Waals surface area contributed by atoms with Gasteiger partial charge in [0.2, 0.25) is 5.91 Å². The molecule has 2 aliphatic heterocycles. The lowest BCUT2D eigenvalue weighted by Gasteiger charge is -2.24. The monoisotopic (exact) mass is 240 g/mol. The van der Waals surface area contributed by atoms with E-state index in [2.05, 4.69) is 5.32 Å². The number of likely N-dealkylation sites (N-methyl/N-ethyl adjacent to an activating group) is 1. The molecule has 2 atom stereocenters. The predicted molar refractivity (Wildman–Crippen MR) is 61.3 cm³/mol. The Bertz CT molecular complexity index is 187. The van der Waals surface area contributed by atoms with Crippen LogP contribution in [0.4, 0.5) is 0 Å². The predicted octanol–water partition coefficient (Wildman–Crippen LogP) is 1.06. The van der Waals surface area contributed by atoms with Gasteiger partial charge < -0.3 is 10.2 Å². The van der Waals surface area contributed by atoms with Gasteiger partial charge in [-0.2, -0.15) is 0 Å². The second kappa shape index (κ2) is 5.79. The summed E-state index contributed by atoms with van der Waals surface area (Å²) < 4.78 is 0. The highest BCUT2D eigenvalue weighted by Crippen LogP contribution is 2.22. The summed E-state index contributed by atoms with van der Waals surface area (Å²) in [4.78, 5) is 13.7. The van der Waals surface area contributed by atoms with E-state index >= 15 is 0 Å². The Kier molecular flexibility index (Phi) is 5.79. The van der Waals surface area contributed by atoms with Gasteiger partial charge in [-0.1, -0.05) is 6.42 Å². The average Bonchev–Trinajstić information content (AvgIpc) is 2.19. The molecule has 0 aliphatic carbocycles. The van der Waals surface area contributed by atoms with Crippen LogP contribution in [0.25, 0.3) is 0 Å². The van der Waals surface area contributed by atoms with Crippen LogP contribution in [0.5, 0.6) is 0 Å². The number of halogens is 2. The molecular weight excluding hydrogens is 223 g/mol. The average molecular weight is 241 g/mol. The number of carbonyl (C=O) groups is 1. The molecule has 0 radical (unpaired) electrons. The highest BCUT2D eigenvalue weighted by atomic mass is 35.5. The quantitative estimate of drug-likeness (QED) is 0.687. The molecule has 0 unspecified atom stereocenters. The van der Waals surface area contributed by atoms with E-state index < -0.39 is 0 Å². The van der Waals surface area contributed by atoms with E-state index in [0.29, 0.717) is 11.9 Å². The molecule has 0 aromatic rings. The SMILES string of the molecule is CN1C(=O)[C@@H]2CCC[C@@H]1CNC2.Cl.Cl. The van der Waals surface area contributed by atoms with Crippen molar-refractivity contribution in [2.45, 2.75) is 25.3 Å². The van der Waals surface area contributed by atoms with E-state index in [9.17, 15) is 4.79 Å². The summed E-state index contributed by atoms with van der Waals surface area (Å²) in [5, 5.41) is 3.35. The third-order valence-electron chi connectivity index (χ3n) is 3.11. The number of nitrogens with zero attached hydrogens (tertiary/aromatic N) is 1. The van der Waals surface area contributed by atoms with Crippen LogP contribution >= 0.6 is 24.8 Å². The molecule has 3 nitrogen and oxygen atoms in total. The summed E-state index contributed by atoms with van der Waals surface area (Å²) in [6.45, 7) is 1.87. The van der Waals surface area contributed by atoms with E-state index in [0.717, 1.165) is 19.5 Å². The van der Waals surface area contributed by atoms with Crippen LogP contribution < -0.4 is 5.32 Å². The summed E-state index contributed by atoms with van der Waals surface area (Å²) in [7, 11) is 1.94. The van der Waals surface area contributed by atoms with Gasteiger partial charge in [0, 0.05) is 26.2 Å². The Hall–Kier alpha value is 0.01000. The smallest absolute Gasteiger partial charge is 0.226 e. The third-order valence-corrected chi connectivity index (χ3v) is 3.11. The molecule has 5 heteroatoms. The fraction of sp³-hybridized carbons (Fsp3) is 0.889. The molecule has 1 N–H and O–H groups in total. The first kappa shape index (κ1) is 14.0. The van der Waals surface area contributed by atoms with E-state index in [-0.39, 0.29) is 30.7 Å². The molecule has 2 saturated heterocycles. The van der Waals surface area contributed by atoms with Crippen molar-refractivity contribution in [1.29, 1.82) is 0 Å². The summed E-state index contributed by atoms with van der Waals surface area (Å²) in [5.74, 6) is 0.602. The number of hydrogen-bond donors (Lipinski definition) is 1. The largest absolute Gasteiger partial charge is 0.341 e. The zero-order valence-electron chi connectivity index (χ0n) is 8.36. The normalized spacial score (nSPS) is 31.2. The Balaban J connectivity index is 0.000000845. The fourth-order valence-corrected chi connectivity index (χ4v) is 2.24. The molecule has 1 amide bonds. The Morgan fingerprint density at radius 2 is 2.00 bits per heavy atom. The van der Waals surface area contributed by atoms with Gasteiger partial charge in [-0.25, -0.2) is 0 Å². The van der Waals surface area contributed by atoms with Crippen molar-refractivity contribution in [3.05, 3.63) is 0 Å². The van der Waals surface area contributed by atoms with Gasteiger partial charge in [-0.15, -0.1) is 24.8 Å². The van der Waals surface area contributed by atoms with E-state index in [1.807, 2.05) is 11.9 Å². The van der Waals surface area contributed by atoms with Crippen LogP contribution in [-0.2, 0) is 4.79 Å². The van der Waals surface area contributed by atoms with Crippen LogP contribution in [0.1, 0.15) is 19.3 Å². The zero-order chi connectivity index (χ0) is 8.55. The molecule has 2 aliphatic rings. The molecule has 0 saturated carbocycles. The summed E-state index contributed by atoms with van der Waals surface area (Å²) in [6, 6.07) is 0.449. The lowest BCUT2D eigenvalue weighted by atomic mass is 10.0. The van der Waals surface area contributed by atoms with Crippen molar-refractivity contribution < 1.29 is 4.79 Å². The lowest BCUT2D eigenvalue weighted by Crippen LogP contribution is -2.39. The molecule has 2 heterocycles. The van der Waals surface area contributed by atoms with Gasteiger partial charge >= 0.3 is 0 Å². The maximum Gasteiger partial charge on any atom is 0.226 e. The number of hydrogen-bond acceptors (Lipinski definition) is 2. The highest BCUT2D eigenvalue weighted by molar-refractivity contribution is 5.85. The van der Waals surface area contributed by atoms with Crippen LogP contribution in [0, 0.1) is 5.92 Å². The maximum atomic E-state index is 11.7. The van der Waals surface area contributed by atoms with Gasteiger partial charge in [0.05, 0.1) is 5.92 Å². The zero-order valence-corrected chi connectivity index (χ0v) is 10.00. The number of fused-ring (bicyclic) bond motifs is 3. The van der Waals surface area contributed by atoms with Crippen LogP contribution in [0.2, 0.25) is 0 Å². The number of amides is 1. The third kappa shape index (κ3) is 2.53. The van der Waals surface area contributed by atoms with Gasteiger partial charge in [0.15, 0.2) is 0 Å². The first-order chi connectivity index (χ1) is 5.79. The van der Waals surface area contributed by atoms with Crippen molar-refractivity contribution in [2.75, 3.05) is 20.1 Å². The van der Waals surface area contributed by atoms with Crippen molar-refractivity contribution in [3.63, 3.8) is 0 Å². The lowest BCUT2D eigenvalue weighted by molar-refractivity contribution is -0.134. The van der Waals surface area contributed by atoms with E-state index in [1.165, 1.54) is 12.8 Å². The minimum absolute atomic E-state index is 0. The van der Waals surface area contributed by atoms with Crippen molar-refractivity contribution in [2.24, 2.45) is 5.92 Å². The first-order valence-corrected chi connectivity index (χ1v) is 4.76. The molecule has 14 heavy (non-hydrogen) atoms. The molecule has 0 spiro atoms. The number of carbonyl (C=O) groups excluding carboxylic acids is 1. The van der Waals surface area contributed by atoms with Crippen LogP contribution in [0.15, 0.2) is 0 Å². The molecule has 2 fully saturated rings. The summed E-state index contributed by atoms with van der Waals surface area (Å²) in [6.07, 6.45) is 3.46. The Labute approximate surface area is 97.4 Å². The van der Waals surface area contributed by atoms with Crippen LogP contribution in [0.3, 0.4) is 0 Å². The molecule has 0 aromatic carbocycles. The molecule has 2 rings (SSSR count). The second-order valence-corrected chi connectivity index (χ2v) is 3.89. The maximum absolute atomic E-state index is 11.7. The molecule has 84 valence electrons. The second-order valence-electron chi connectivity index (χ2n) is 3.89. The van der Waals surface area contributed by atoms with Crippen LogP contribution in [-0.4, -0.2) is 37.0 Å². The Morgan fingerprint density at radius 3 is 2.71 bits per heavy atom. The molecule has 0 aromatic heterocycles. The van der Waals surface area contributed by atoms with Crippen molar-refractivity contribution in [1.82, 2.24) is 10.2 Å².